The number of aromatic nitrogens is 1. The average Bonchev–Trinajstić information content (AvgIpc) is 3.27. The third-order valence-electron chi connectivity index (χ3n) is 4.64. The molecule has 0 aliphatic rings. The number of benzene rings is 3. The number of hydrogen-bond acceptors (Lipinski definition) is 5. The first-order valence-corrected chi connectivity index (χ1v) is 11.3. The molecule has 0 fully saturated rings. The van der Waals surface area contributed by atoms with E-state index in [1.807, 2.05) is 73.0 Å². The normalized spacial score (nSPS) is 10.4. The molecule has 0 bridgehead atoms. The first kappa shape index (κ1) is 21.7. The summed E-state index contributed by atoms with van der Waals surface area (Å²) in [6, 6.07) is 25.0. The Balaban J connectivity index is 1.34. The lowest BCUT2D eigenvalue weighted by Crippen LogP contribution is -2.34. The fourth-order valence-corrected chi connectivity index (χ4v) is 3.94. The van der Waals surface area contributed by atoms with Crippen molar-refractivity contribution in [1.29, 1.82) is 0 Å². The van der Waals surface area contributed by atoms with E-state index in [9.17, 15) is 4.79 Å². The smallest absolute Gasteiger partial charge is 0.257 e. The van der Waals surface area contributed by atoms with Crippen molar-refractivity contribution in [1.82, 2.24) is 10.3 Å². The number of carbonyl (C=O) groups excluding carboxylic acids is 1. The van der Waals surface area contributed by atoms with Gasteiger partial charge < -0.3 is 10.1 Å². The molecular weight excluding hydrogens is 438 g/mol. The fourth-order valence-electron chi connectivity index (χ4n) is 2.96. The second-order valence-corrected chi connectivity index (χ2v) is 8.38. The van der Waals surface area contributed by atoms with Crippen LogP contribution in [0, 0.1) is 6.92 Å². The van der Waals surface area contributed by atoms with E-state index in [0.717, 1.165) is 16.8 Å². The maximum Gasteiger partial charge on any atom is 0.257 e. The van der Waals surface area contributed by atoms with E-state index >= 15 is 0 Å². The first-order valence-electron chi connectivity index (χ1n) is 9.98. The second-order valence-electron chi connectivity index (χ2n) is 7.11. The van der Waals surface area contributed by atoms with Crippen molar-refractivity contribution in [3.05, 3.63) is 101 Å². The van der Waals surface area contributed by atoms with Crippen LogP contribution in [-0.2, 0) is 6.61 Å². The van der Waals surface area contributed by atoms with E-state index < -0.39 is 0 Å². The second kappa shape index (κ2) is 10.2. The highest BCUT2D eigenvalue weighted by molar-refractivity contribution is 7.80. The average molecular weight is 460 g/mol. The summed E-state index contributed by atoms with van der Waals surface area (Å²) in [5.74, 6) is 0.297. The molecule has 7 heteroatoms. The lowest BCUT2D eigenvalue weighted by molar-refractivity contribution is 0.0977. The summed E-state index contributed by atoms with van der Waals surface area (Å²) in [4.78, 5) is 17.2. The number of amides is 1. The van der Waals surface area contributed by atoms with Crippen LogP contribution >= 0.6 is 23.6 Å². The van der Waals surface area contributed by atoms with E-state index in [1.165, 1.54) is 16.9 Å². The van der Waals surface area contributed by atoms with Gasteiger partial charge in [0.2, 0.25) is 0 Å². The number of hydrogen-bond donors (Lipinski definition) is 2. The molecule has 0 aliphatic carbocycles. The third kappa shape index (κ3) is 5.78. The molecule has 0 spiro atoms. The van der Waals surface area contributed by atoms with Crippen LogP contribution in [0.1, 0.15) is 21.5 Å². The molecule has 1 amide bonds. The summed E-state index contributed by atoms with van der Waals surface area (Å²) in [6.07, 6.45) is 0. The van der Waals surface area contributed by atoms with Gasteiger partial charge in [0.25, 0.3) is 5.91 Å². The zero-order valence-corrected chi connectivity index (χ0v) is 19.0. The molecule has 4 rings (SSSR count). The lowest BCUT2D eigenvalue weighted by atomic mass is 10.1. The van der Waals surface area contributed by atoms with Crippen LogP contribution in [0.15, 0.2) is 84.2 Å². The summed E-state index contributed by atoms with van der Waals surface area (Å²) in [5, 5.41) is 8.43. The molecule has 0 atom stereocenters. The minimum absolute atomic E-state index is 0.190. The van der Waals surface area contributed by atoms with Gasteiger partial charge in [0.15, 0.2) is 10.2 Å². The molecule has 1 aromatic heterocycles. The van der Waals surface area contributed by atoms with Crippen LogP contribution in [0.4, 0.5) is 5.13 Å². The SMILES string of the molecule is Cc1ccc(-c2csc(NC(=S)NC(=O)c3cccc(OCc4ccccc4)c3)n2)cc1. The summed E-state index contributed by atoms with van der Waals surface area (Å²) < 4.78 is 5.80. The van der Waals surface area contributed by atoms with Gasteiger partial charge >= 0.3 is 0 Å². The molecule has 32 heavy (non-hydrogen) atoms. The van der Waals surface area contributed by atoms with Crippen LogP contribution < -0.4 is 15.4 Å². The van der Waals surface area contributed by atoms with Gasteiger partial charge in [-0.15, -0.1) is 11.3 Å². The number of carbonyl (C=O) groups is 1. The quantitative estimate of drug-likeness (QED) is 0.356. The Hall–Kier alpha value is -3.55. The summed E-state index contributed by atoms with van der Waals surface area (Å²) >= 11 is 6.72. The Morgan fingerprint density at radius 1 is 1.03 bits per heavy atom. The van der Waals surface area contributed by atoms with Gasteiger partial charge in [-0.05, 0) is 42.9 Å². The minimum atomic E-state index is -0.317. The van der Waals surface area contributed by atoms with Crippen molar-refractivity contribution in [2.24, 2.45) is 0 Å². The molecule has 4 aromatic rings. The Bertz CT molecular complexity index is 1220. The zero-order chi connectivity index (χ0) is 22.3. The molecule has 160 valence electrons. The number of rotatable bonds is 6. The molecular formula is C25H21N3O2S2. The molecule has 0 unspecified atom stereocenters. The maximum absolute atomic E-state index is 12.6. The van der Waals surface area contributed by atoms with Crippen LogP contribution in [-0.4, -0.2) is 16.0 Å². The highest BCUT2D eigenvalue weighted by Gasteiger charge is 2.11. The van der Waals surface area contributed by atoms with E-state index in [1.54, 1.807) is 18.2 Å². The number of ether oxygens (including phenoxy) is 1. The standard InChI is InChI=1S/C25H21N3O2S2/c1-17-10-12-19(13-11-17)22-16-32-25(26-22)28-24(31)27-23(29)20-8-5-9-21(14-20)30-15-18-6-3-2-4-7-18/h2-14,16H,15H2,1H3,(H2,26,27,28,29,31). The minimum Gasteiger partial charge on any atom is -0.489 e. The Morgan fingerprint density at radius 2 is 1.81 bits per heavy atom. The number of nitrogens with one attached hydrogen (secondary N) is 2. The van der Waals surface area contributed by atoms with Gasteiger partial charge in [-0.25, -0.2) is 4.98 Å². The summed E-state index contributed by atoms with van der Waals surface area (Å²) in [6.45, 7) is 2.48. The van der Waals surface area contributed by atoms with E-state index in [-0.39, 0.29) is 11.0 Å². The number of thiazole rings is 1. The molecule has 1 heterocycles. The molecule has 2 N–H and O–H groups in total. The molecule has 0 saturated heterocycles. The Kier molecular flexibility index (Phi) is 6.89. The molecule has 0 saturated carbocycles. The van der Waals surface area contributed by atoms with Crippen molar-refractivity contribution in [3.63, 3.8) is 0 Å². The van der Waals surface area contributed by atoms with Gasteiger partial charge in [-0.3, -0.25) is 10.1 Å². The van der Waals surface area contributed by atoms with E-state index in [0.29, 0.717) is 23.1 Å². The zero-order valence-electron chi connectivity index (χ0n) is 17.4. The van der Waals surface area contributed by atoms with Crippen LogP contribution in [0.3, 0.4) is 0 Å². The van der Waals surface area contributed by atoms with Gasteiger partial charge in [0.1, 0.15) is 12.4 Å². The number of aryl methyl sites for hydroxylation is 1. The van der Waals surface area contributed by atoms with Crippen LogP contribution in [0.2, 0.25) is 0 Å². The number of thiocarbonyl (C=S) groups is 1. The summed E-state index contributed by atoms with van der Waals surface area (Å²) in [7, 11) is 0. The van der Waals surface area contributed by atoms with Gasteiger partial charge in [0.05, 0.1) is 5.69 Å². The number of anilines is 1. The largest absolute Gasteiger partial charge is 0.489 e. The van der Waals surface area contributed by atoms with Crippen LogP contribution in [0.25, 0.3) is 11.3 Å². The molecule has 0 aliphatic heterocycles. The topological polar surface area (TPSA) is 63.2 Å². The Labute approximate surface area is 196 Å². The van der Waals surface area contributed by atoms with Crippen LogP contribution in [0.5, 0.6) is 5.75 Å². The molecule has 0 radical (unpaired) electrons. The highest BCUT2D eigenvalue weighted by atomic mass is 32.1. The fraction of sp³-hybridized carbons (Fsp3) is 0.0800. The highest BCUT2D eigenvalue weighted by Crippen LogP contribution is 2.25. The molecule has 3 aromatic carbocycles. The van der Waals surface area contributed by atoms with Crippen molar-refractivity contribution in [2.75, 3.05) is 5.32 Å². The van der Waals surface area contributed by atoms with E-state index in [2.05, 4.69) is 15.6 Å². The first-order chi connectivity index (χ1) is 15.6. The van der Waals surface area contributed by atoms with Crippen molar-refractivity contribution in [2.45, 2.75) is 13.5 Å². The lowest BCUT2D eigenvalue weighted by Gasteiger charge is -2.10. The van der Waals surface area contributed by atoms with Crippen molar-refractivity contribution < 1.29 is 9.53 Å². The van der Waals surface area contributed by atoms with Crippen molar-refractivity contribution in [3.8, 4) is 17.0 Å². The van der Waals surface area contributed by atoms with Gasteiger partial charge in [0, 0.05) is 16.5 Å². The maximum atomic E-state index is 12.6. The monoisotopic (exact) mass is 459 g/mol. The van der Waals surface area contributed by atoms with Crippen molar-refractivity contribution >= 4 is 39.7 Å². The Morgan fingerprint density at radius 3 is 2.59 bits per heavy atom. The summed E-state index contributed by atoms with van der Waals surface area (Å²) in [5.41, 5.74) is 4.60. The predicted molar refractivity (Wildman–Crippen MR) is 133 cm³/mol. The van der Waals surface area contributed by atoms with Gasteiger partial charge in [-0.1, -0.05) is 66.2 Å². The predicted octanol–water partition coefficient (Wildman–Crippen LogP) is 5.82. The third-order valence-corrected chi connectivity index (χ3v) is 5.61. The molecule has 5 nitrogen and oxygen atoms in total. The van der Waals surface area contributed by atoms with Gasteiger partial charge in [-0.2, -0.15) is 0 Å². The van der Waals surface area contributed by atoms with E-state index in [4.69, 9.17) is 17.0 Å². The number of nitrogens with zero attached hydrogens (tertiary/aromatic N) is 1.